The summed E-state index contributed by atoms with van der Waals surface area (Å²) in [6, 6.07) is 0. The van der Waals surface area contributed by atoms with Gasteiger partial charge in [0.15, 0.2) is 0 Å². The number of carbonyl (C=O) groups excluding carboxylic acids is 2. The standard InChI is InChI=1S/C25H36O4/c1-14(2)11-19(26)29-21(28)23(4)9-6-8-22(3)17(23)7-10-25-13-16-15(12-18(22)25)24(16,5)20(25)27/h12,14-17,20,27H,6-11,13H2,1-5H3. The Labute approximate surface area is 174 Å². The van der Waals surface area contributed by atoms with E-state index < -0.39 is 11.4 Å². The molecule has 4 saturated carbocycles. The van der Waals surface area contributed by atoms with Crippen LogP contribution in [0.1, 0.15) is 79.6 Å². The van der Waals surface area contributed by atoms with Crippen LogP contribution < -0.4 is 0 Å². The second kappa shape index (κ2) is 5.75. The minimum Gasteiger partial charge on any atom is -0.393 e. The van der Waals surface area contributed by atoms with Crippen LogP contribution >= 0.6 is 0 Å². The SMILES string of the molecule is CC(C)CC(=O)OC(=O)C1(C)CCCC2(C)C3=CC4C5CC3(CCC12)C(O)C45C. The third-order valence-corrected chi connectivity index (χ3v) is 10.1. The Hall–Kier alpha value is -1.16. The van der Waals surface area contributed by atoms with Gasteiger partial charge in [0, 0.05) is 17.3 Å². The van der Waals surface area contributed by atoms with Gasteiger partial charge in [-0.3, -0.25) is 9.59 Å². The summed E-state index contributed by atoms with van der Waals surface area (Å²) >= 11 is 0. The van der Waals surface area contributed by atoms with E-state index in [0.29, 0.717) is 11.8 Å². The fraction of sp³-hybridized carbons (Fsp3) is 0.840. The third-order valence-electron chi connectivity index (χ3n) is 10.1. The van der Waals surface area contributed by atoms with Gasteiger partial charge in [0.2, 0.25) is 0 Å². The van der Waals surface area contributed by atoms with Gasteiger partial charge in [-0.05, 0) is 68.1 Å². The van der Waals surface area contributed by atoms with Crippen LogP contribution in [0, 0.1) is 45.3 Å². The first-order valence-corrected chi connectivity index (χ1v) is 11.7. The molecule has 0 amide bonds. The summed E-state index contributed by atoms with van der Waals surface area (Å²) in [6.07, 6.45) is 8.38. The van der Waals surface area contributed by atoms with Crippen molar-refractivity contribution in [1.29, 1.82) is 0 Å². The van der Waals surface area contributed by atoms with Crippen LogP contribution in [0.3, 0.4) is 0 Å². The van der Waals surface area contributed by atoms with E-state index in [1.54, 1.807) is 0 Å². The van der Waals surface area contributed by atoms with Gasteiger partial charge in [0.05, 0.1) is 11.5 Å². The van der Waals surface area contributed by atoms with E-state index in [4.69, 9.17) is 4.74 Å². The minimum atomic E-state index is -0.625. The first-order chi connectivity index (χ1) is 13.5. The molecule has 6 rings (SSSR count). The van der Waals surface area contributed by atoms with Crippen molar-refractivity contribution in [2.75, 3.05) is 0 Å². The van der Waals surface area contributed by atoms with E-state index in [-0.39, 0.29) is 46.6 Å². The van der Waals surface area contributed by atoms with Crippen molar-refractivity contribution in [1.82, 2.24) is 0 Å². The van der Waals surface area contributed by atoms with Crippen molar-refractivity contribution in [3.05, 3.63) is 11.6 Å². The van der Waals surface area contributed by atoms with Crippen molar-refractivity contribution >= 4 is 11.9 Å². The molecule has 29 heavy (non-hydrogen) atoms. The Morgan fingerprint density at radius 1 is 1.21 bits per heavy atom. The number of hydrogen-bond acceptors (Lipinski definition) is 4. The van der Waals surface area contributed by atoms with Gasteiger partial charge in [-0.2, -0.15) is 0 Å². The third kappa shape index (κ3) is 2.25. The Balaban J connectivity index is 1.46. The summed E-state index contributed by atoms with van der Waals surface area (Å²) in [6.45, 7) is 10.6. The molecule has 0 saturated heterocycles. The average molecular weight is 401 g/mol. The zero-order valence-electron chi connectivity index (χ0n) is 18.6. The van der Waals surface area contributed by atoms with Crippen molar-refractivity contribution in [2.45, 2.75) is 85.7 Å². The molecule has 0 aliphatic heterocycles. The summed E-state index contributed by atoms with van der Waals surface area (Å²) in [5, 5.41) is 11.3. The maximum atomic E-state index is 13.2. The van der Waals surface area contributed by atoms with Crippen molar-refractivity contribution in [3.63, 3.8) is 0 Å². The van der Waals surface area contributed by atoms with Crippen molar-refractivity contribution in [3.8, 4) is 0 Å². The van der Waals surface area contributed by atoms with Crippen LogP contribution in [0.2, 0.25) is 0 Å². The summed E-state index contributed by atoms with van der Waals surface area (Å²) < 4.78 is 5.39. The van der Waals surface area contributed by atoms with Crippen LogP contribution in [0.4, 0.5) is 0 Å². The van der Waals surface area contributed by atoms with Gasteiger partial charge in [0.1, 0.15) is 0 Å². The molecule has 4 nitrogen and oxygen atoms in total. The second-order valence-corrected chi connectivity index (χ2v) is 12.0. The molecule has 4 fully saturated rings. The average Bonchev–Trinajstić information content (AvgIpc) is 3.16. The molecule has 6 aliphatic carbocycles. The highest BCUT2D eigenvalue weighted by Gasteiger charge is 2.80. The molecule has 1 N–H and O–H groups in total. The van der Waals surface area contributed by atoms with E-state index >= 15 is 0 Å². The summed E-state index contributed by atoms with van der Waals surface area (Å²) in [4.78, 5) is 25.4. The van der Waals surface area contributed by atoms with Gasteiger partial charge < -0.3 is 9.84 Å². The Bertz CT molecular complexity index is 814. The smallest absolute Gasteiger partial charge is 0.319 e. The van der Waals surface area contributed by atoms with Crippen LogP contribution in [-0.2, 0) is 14.3 Å². The maximum Gasteiger partial charge on any atom is 0.319 e. The first kappa shape index (κ1) is 19.8. The fourth-order valence-corrected chi connectivity index (χ4v) is 8.60. The maximum absolute atomic E-state index is 13.2. The molecule has 0 aromatic rings. The number of carbonyl (C=O) groups is 2. The van der Waals surface area contributed by atoms with E-state index in [9.17, 15) is 14.7 Å². The summed E-state index contributed by atoms with van der Waals surface area (Å²) in [7, 11) is 0. The zero-order valence-corrected chi connectivity index (χ0v) is 18.6. The predicted octanol–water partition coefficient (Wildman–Crippen LogP) is 4.65. The highest BCUT2D eigenvalue weighted by molar-refractivity contribution is 5.89. The molecule has 4 bridgehead atoms. The van der Waals surface area contributed by atoms with E-state index in [2.05, 4.69) is 19.9 Å². The van der Waals surface area contributed by atoms with E-state index in [0.717, 1.165) is 38.5 Å². The predicted molar refractivity (Wildman–Crippen MR) is 110 cm³/mol. The van der Waals surface area contributed by atoms with Crippen LogP contribution in [0.15, 0.2) is 11.6 Å². The number of fused-ring (bicyclic) bond motifs is 1. The lowest BCUT2D eigenvalue weighted by Crippen LogP contribution is -2.58. The molecule has 8 atom stereocenters. The monoisotopic (exact) mass is 400 g/mol. The number of allylic oxidation sites excluding steroid dienone is 1. The topological polar surface area (TPSA) is 63.6 Å². The summed E-state index contributed by atoms with van der Waals surface area (Å²) in [5.74, 6) is 0.799. The molecule has 4 heteroatoms. The normalized spacial score (nSPS) is 51.8. The number of aliphatic hydroxyl groups excluding tert-OH is 1. The zero-order chi connectivity index (χ0) is 21.0. The molecule has 8 unspecified atom stereocenters. The van der Waals surface area contributed by atoms with Gasteiger partial charge in [-0.25, -0.2) is 0 Å². The quantitative estimate of drug-likeness (QED) is 0.425. The Kier molecular flexibility index (Phi) is 3.92. The molecule has 6 aliphatic rings. The van der Waals surface area contributed by atoms with Crippen molar-refractivity contribution in [2.24, 2.45) is 45.3 Å². The molecular weight excluding hydrogens is 364 g/mol. The lowest BCUT2D eigenvalue weighted by Gasteiger charge is -2.62. The number of rotatable bonds is 3. The number of aliphatic hydroxyl groups is 1. The number of esters is 2. The van der Waals surface area contributed by atoms with Gasteiger partial charge in [-0.15, -0.1) is 0 Å². The largest absolute Gasteiger partial charge is 0.393 e. The molecule has 0 radical (unpaired) electrons. The fourth-order valence-electron chi connectivity index (χ4n) is 8.60. The van der Waals surface area contributed by atoms with Crippen LogP contribution in [-0.4, -0.2) is 23.1 Å². The van der Waals surface area contributed by atoms with E-state index in [1.807, 2.05) is 20.8 Å². The molecule has 1 spiro atoms. The van der Waals surface area contributed by atoms with Gasteiger partial charge in [0.25, 0.3) is 0 Å². The van der Waals surface area contributed by atoms with Crippen LogP contribution in [0.25, 0.3) is 0 Å². The lowest BCUT2D eigenvalue weighted by atomic mass is 9.42. The molecule has 0 aromatic heterocycles. The Morgan fingerprint density at radius 3 is 2.55 bits per heavy atom. The molecular formula is C25H36O4. The number of hydrogen-bond donors (Lipinski definition) is 1. The lowest BCUT2D eigenvalue weighted by molar-refractivity contribution is -0.177. The highest BCUT2D eigenvalue weighted by atomic mass is 16.6. The van der Waals surface area contributed by atoms with Crippen molar-refractivity contribution < 1.29 is 19.4 Å². The first-order valence-electron chi connectivity index (χ1n) is 11.7. The summed E-state index contributed by atoms with van der Waals surface area (Å²) in [5.41, 5.74) is 0.751. The highest BCUT2D eigenvalue weighted by Crippen LogP contribution is 2.83. The molecule has 160 valence electrons. The van der Waals surface area contributed by atoms with Gasteiger partial charge in [-0.1, -0.05) is 45.8 Å². The van der Waals surface area contributed by atoms with E-state index in [1.165, 1.54) is 5.57 Å². The molecule has 0 aromatic carbocycles. The minimum absolute atomic E-state index is 0.0744. The Morgan fingerprint density at radius 2 is 1.93 bits per heavy atom. The van der Waals surface area contributed by atoms with Crippen LogP contribution in [0.5, 0.6) is 0 Å². The number of ether oxygens (including phenoxy) is 1. The van der Waals surface area contributed by atoms with Gasteiger partial charge >= 0.3 is 11.9 Å². The second-order valence-electron chi connectivity index (χ2n) is 12.0. The molecule has 0 heterocycles.